The molecular formula is C8H6F5N. The molecule has 1 nitrogen and oxygen atoms in total. The van der Waals surface area contributed by atoms with Crippen LogP contribution in [0.4, 0.5) is 22.0 Å². The van der Waals surface area contributed by atoms with Crippen molar-refractivity contribution in [1.29, 1.82) is 0 Å². The summed E-state index contributed by atoms with van der Waals surface area (Å²) in [6, 6.07) is 0. The Kier molecular flexibility index (Phi) is 2.47. The summed E-state index contributed by atoms with van der Waals surface area (Å²) in [4.78, 5) is 2.71. The van der Waals surface area contributed by atoms with E-state index in [0.717, 1.165) is 13.8 Å². The molecule has 0 spiro atoms. The second-order valence-corrected chi connectivity index (χ2v) is 2.82. The van der Waals surface area contributed by atoms with Gasteiger partial charge in [0.25, 0.3) is 0 Å². The second-order valence-electron chi connectivity index (χ2n) is 2.82. The third-order valence-electron chi connectivity index (χ3n) is 1.85. The summed E-state index contributed by atoms with van der Waals surface area (Å²) in [5, 5.41) is 0. The SMILES string of the molecule is Cc1c(F)nc(F)c(C)c1C(F)(F)F. The van der Waals surface area contributed by atoms with E-state index in [1.807, 2.05) is 0 Å². The van der Waals surface area contributed by atoms with Crippen molar-refractivity contribution >= 4 is 0 Å². The molecule has 0 saturated carbocycles. The van der Waals surface area contributed by atoms with Gasteiger partial charge in [0.1, 0.15) is 0 Å². The van der Waals surface area contributed by atoms with E-state index < -0.39 is 34.8 Å². The number of rotatable bonds is 0. The van der Waals surface area contributed by atoms with E-state index in [9.17, 15) is 22.0 Å². The lowest BCUT2D eigenvalue weighted by molar-refractivity contribution is -0.139. The van der Waals surface area contributed by atoms with Gasteiger partial charge in [-0.2, -0.15) is 26.9 Å². The smallest absolute Gasteiger partial charge is 0.190 e. The molecule has 0 radical (unpaired) electrons. The van der Waals surface area contributed by atoms with E-state index in [-0.39, 0.29) is 0 Å². The lowest BCUT2D eigenvalue weighted by Crippen LogP contribution is -2.14. The average Bonchev–Trinajstić information content (AvgIpc) is 1.98. The molecule has 14 heavy (non-hydrogen) atoms. The van der Waals surface area contributed by atoms with Crippen molar-refractivity contribution in [2.45, 2.75) is 20.0 Å². The first-order valence-electron chi connectivity index (χ1n) is 3.64. The largest absolute Gasteiger partial charge is 0.417 e. The lowest BCUT2D eigenvalue weighted by atomic mass is 10.1. The molecule has 0 aliphatic rings. The fraction of sp³-hybridized carbons (Fsp3) is 0.375. The summed E-state index contributed by atoms with van der Waals surface area (Å²) in [6.07, 6.45) is -4.77. The minimum atomic E-state index is -4.77. The highest BCUT2D eigenvalue weighted by molar-refractivity contribution is 5.34. The maximum Gasteiger partial charge on any atom is 0.417 e. The van der Waals surface area contributed by atoms with Crippen LogP contribution in [0.1, 0.15) is 16.7 Å². The molecule has 0 bridgehead atoms. The number of pyridine rings is 1. The molecule has 0 atom stereocenters. The van der Waals surface area contributed by atoms with Crippen molar-refractivity contribution in [3.05, 3.63) is 28.6 Å². The maximum absolute atomic E-state index is 12.7. The molecule has 6 heteroatoms. The van der Waals surface area contributed by atoms with Gasteiger partial charge in [-0.05, 0) is 13.8 Å². The van der Waals surface area contributed by atoms with E-state index in [1.165, 1.54) is 0 Å². The molecule has 0 unspecified atom stereocenters. The zero-order valence-corrected chi connectivity index (χ0v) is 7.34. The van der Waals surface area contributed by atoms with Crippen LogP contribution in [0.3, 0.4) is 0 Å². The fourth-order valence-corrected chi connectivity index (χ4v) is 1.17. The molecule has 0 aliphatic heterocycles. The van der Waals surface area contributed by atoms with Crippen molar-refractivity contribution < 1.29 is 22.0 Å². The van der Waals surface area contributed by atoms with Crippen molar-refractivity contribution in [1.82, 2.24) is 4.98 Å². The molecule has 1 heterocycles. The van der Waals surface area contributed by atoms with Crippen LogP contribution in [0.5, 0.6) is 0 Å². The Labute approximate surface area is 76.6 Å². The van der Waals surface area contributed by atoms with Crippen LogP contribution in [0.25, 0.3) is 0 Å². The Hall–Kier alpha value is -1.20. The zero-order valence-electron chi connectivity index (χ0n) is 7.34. The van der Waals surface area contributed by atoms with Crippen LogP contribution in [-0.4, -0.2) is 4.98 Å². The minimum absolute atomic E-state index is 0.684. The first-order valence-corrected chi connectivity index (χ1v) is 3.64. The first-order chi connectivity index (χ1) is 6.25. The summed E-state index contributed by atoms with van der Waals surface area (Å²) in [6.45, 7) is 1.83. The topological polar surface area (TPSA) is 12.9 Å². The van der Waals surface area contributed by atoms with Gasteiger partial charge in [-0.3, -0.25) is 0 Å². The van der Waals surface area contributed by atoms with E-state index in [4.69, 9.17) is 0 Å². The van der Waals surface area contributed by atoms with Crippen LogP contribution in [0.15, 0.2) is 0 Å². The number of aromatic nitrogens is 1. The number of nitrogens with zero attached hydrogens (tertiary/aromatic N) is 1. The quantitative estimate of drug-likeness (QED) is 0.474. The molecule has 78 valence electrons. The molecule has 0 N–H and O–H groups in total. The molecule has 0 fully saturated rings. The Morgan fingerprint density at radius 2 is 1.29 bits per heavy atom. The van der Waals surface area contributed by atoms with Crippen molar-refractivity contribution in [3.8, 4) is 0 Å². The minimum Gasteiger partial charge on any atom is -0.190 e. The van der Waals surface area contributed by atoms with Gasteiger partial charge in [0.05, 0.1) is 5.56 Å². The van der Waals surface area contributed by atoms with Crippen molar-refractivity contribution in [2.75, 3.05) is 0 Å². The summed E-state index contributed by atoms with van der Waals surface area (Å²) in [5.74, 6) is -2.86. The van der Waals surface area contributed by atoms with E-state index in [2.05, 4.69) is 4.98 Å². The predicted octanol–water partition coefficient (Wildman–Crippen LogP) is 3.00. The van der Waals surface area contributed by atoms with Gasteiger partial charge < -0.3 is 0 Å². The van der Waals surface area contributed by atoms with Crippen molar-refractivity contribution in [2.24, 2.45) is 0 Å². The Balaban J connectivity index is 3.56. The molecule has 0 amide bonds. The predicted molar refractivity (Wildman–Crippen MR) is 38.6 cm³/mol. The third kappa shape index (κ3) is 1.69. The molecule has 1 aromatic heterocycles. The normalized spacial score (nSPS) is 11.9. The number of hydrogen-bond acceptors (Lipinski definition) is 1. The van der Waals surface area contributed by atoms with Crippen LogP contribution >= 0.6 is 0 Å². The molecule has 0 aliphatic carbocycles. The van der Waals surface area contributed by atoms with Gasteiger partial charge in [-0.1, -0.05) is 0 Å². The Morgan fingerprint density at radius 1 is 0.929 bits per heavy atom. The summed E-state index contributed by atoms with van der Waals surface area (Å²) in [7, 11) is 0. The molecule has 0 saturated heterocycles. The van der Waals surface area contributed by atoms with Crippen LogP contribution < -0.4 is 0 Å². The Morgan fingerprint density at radius 3 is 1.57 bits per heavy atom. The van der Waals surface area contributed by atoms with E-state index in [1.54, 1.807) is 0 Å². The number of hydrogen-bond donors (Lipinski definition) is 0. The van der Waals surface area contributed by atoms with Crippen LogP contribution in [0.2, 0.25) is 0 Å². The Bertz CT molecular complexity index is 343. The lowest BCUT2D eigenvalue weighted by Gasteiger charge is -2.13. The van der Waals surface area contributed by atoms with Gasteiger partial charge in [0.2, 0.25) is 11.9 Å². The molecular weight excluding hydrogens is 205 g/mol. The molecule has 1 rings (SSSR count). The van der Waals surface area contributed by atoms with Crippen LogP contribution in [-0.2, 0) is 6.18 Å². The molecule has 1 aromatic rings. The zero-order chi connectivity index (χ0) is 11.1. The highest BCUT2D eigenvalue weighted by Crippen LogP contribution is 2.35. The maximum atomic E-state index is 12.7. The van der Waals surface area contributed by atoms with Crippen LogP contribution in [0, 0.1) is 25.7 Å². The van der Waals surface area contributed by atoms with Crippen molar-refractivity contribution in [3.63, 3.8) is 0 Å². The molecule has 0 aromatic carbocycles. The van der Waals surface area contributed by atoms with Gasteiger partial charge >= 0.3 is 6.18 Å². The van der Waals surface area contributed by atoms with E-state index >= 15 is 0 Å². The van der Waals surface area contributed by atoms with Gasteiger partial charge in [0.15, 0.2) is 0 Å². The first kappa shape index (κ1) is 10.9. The monoisotopic (exact) mass is 211 g/mol. The highest BCUT2D eigenvalue weighted by atomic mass is 19.4. The average molecular weight is 211 g/mol. The number of halogens is 5. The second kappa shape index (κ2) is 3.18. The summed E-state index contributed by atoms with van der Waals surface area (Å²) < 4.78 is 62.3. The van der Waals surface area contributed by atoms with Gasteiger partial charge in [-0.25, -0.2) is 0 Å². The standard InChI is InChI=1S/C8H6F5N/c1-3-5(8(11,12)13)4(2)7(10)14-6(3)9/h1-2H3. The van der Waals surface area contributed by atoms with Gasteiger partial charge in [0, 0.05) is 11.1 Å². The summed E-state index contributed by atoms with van der Waals surface area (Å²) in [5.41, 5.74) is -2.66. The fourth-order valence-electron chi connectivity index (χ4n) is 1.17. The third-order valence-corrected chi connectivity index (χ3v) is 1.85. The summed E-state index contributed by atoms with van der Waals surface area (Å²) >= 11 is 0. The number of alkyl halides is 3. The van der Waals surface area contributed by atoms with Gasteiger partial charge in [-0.15, -0.1) is 0 Å². The van der Waals surface area contributed by atoms with E-state index in [0.29, 0.717) is 0 Å². The highest BCUT2D eigenvalue weighted by Gasteiger charge is 2.37.